The van der Waals surface area contributed by atoms with Crippen LogP contribution in [0.2, 0.25) is 0 Å². The molecule has 2 saturated heterocycles. The lowest BCUT2D eigenvalue weighted by Crippen LogP contribution is -2.51. The number of piperidine rings is 2. The highest BCUT2D eigenvalue weighted by molar-refractivity contribution is 5.82. The van der Waals surface area contributed by atoms with Crippen LogP contribution in [-0.4, -0.2) is 51.2 Å². The second-order valence-electron chi connectivity index (χ2n) is 5.91. The second kappa shape index (κ2) is 6.35. The van der Waals surface area contributed by atoms with Crippen LogP contribution >= 0.6 is 0 Å². The largest absolute Gasteiger partial charge is 0.341 e. The Labute approximate surface area is 119 Å². The van der Waals surface area contributed by atoms with Gasteiger partial charge in [-0.05, 0) is 38.1 Å². The van der Waals surface area contributed by atoms with Gasteiger partial charge in [0, 0.05) is 19.6 Å². The van der Waals surface area contributed by atoms with Crippen LogP contribution in [0.1, 0.15) is 32.1 Å². The lowest BCUT2D eigenvalue weighted by molar-refractivity contribution is -0.136. The average molecular weight is 277 g/mol. The summed E-state index contributed by atoms with van der Waals surface area (Å²) in [6.45, 7) is 3.61. The van der Waals surface area contributed by atoms with Crippen molar-refractivity contribution in [1.82, 2.24) is 25.0 Å². The first kappa shape index (κ1) is 13.5. The van der Waals surface area contributed by atoms with E-state index in [1.807, 2.05) is 9.58 Å². The molecule has 0 aromatic carbocycles. The van der Waals surface area contributed by atoms with Crippen molar-refractivity contribution in [3.63, 3.8) is 0 Å². The van der Waals surface area contributed by atoms with Crippen molar-refractivity contribution in [1.29, 1.82) is 0 Å². The van der Waals surface area contributed by atoms with Gasteiger partial charge in [0.25, 0.3) is 0 Å². The Bertz CT molecular complexity index is 427. The molecule has 1 N–H and O–H groups in total. The predicted octanol–water partition coefficient (Wildman–Crippen LogP) is 0.659. The Kier molecular flexibility index (Phi) is 4.30. The number of hydrogen-bond acceptors (Lipinski definition) is 4. The molecule has 0 bridgehead atoms. The van der Waals surface area contributed by atoms with E-state index in [4.69, 9.17) is 0 Å². The van der Waals surface area contributed by atoms with Crippen LogP contribution in [0.15, 0.2) is 12.7 Å². The van der Waals surface area contributed by atoms with Crippen LogP contribution in [-0.2, 0) is 11.3 Å². The van der Waals surface area contributed by atoms with Gasteiger partial charge in [0.2, 0.25) is 5.91 Å². The minimum absolute atomic E-state index is 0.0499. The molecule has 0 spiro atoms. The van der Waals surface area contributed by atoms with Crippen LogP contribution in [0.5, 0.6) is 0 Å². The lowest BCUT2D eigenvalue weighted by atomic mass is 9.96. The Balaban J connectivity index is 1.55. The third-order valence-corrected chi connectivity index (χ3v) is 4.35. The van der Waals surface area contributed by atoms with E-state index in [1.54, 1.807) is 12.7 Å². The van der Waals surface area contributed by atoms with E-state index in [1.165, 1.54) is 19.3 Å². The summed E-state index contributed by atoms with van der Waals surface area (Å²) in [5.74, 6) is 0.797. The van der Waals surface area contributed by atoms with E-state index < -0.39 is 0 Å². The summed E-state index contributed by atoms with van der Waals surface area (Å²) in [6, 6.07) is 0.0499. The van der Waals surface area contributed by atoms with E-state index in [0.29, 0.717) is 11.8 Å². The molecule has 2 fully saturated rings. The molecule has 20 heavy (non-hydrogen) atoms. The number of nitrogens with one attached hydrogen (secondary N) is 1. The number of amides is 1. The molecule has 1 aromatic heterocycles. The highest BCUT2D eigenvalue weighted by atomic mass is 16.2. The molecule has 6 nitrogen and oxygen atoms in total. The quantitative estimate of drug-likeness (QED) is 0.881. The molecule has 3 rings (SSSR count). The van der Waals surface area contributed by atoms with Crippen LogP contribution in [0.4, 0.5) is 0 Å². The summed E-state index contributed by atoms with van der Waals surface area (Å²) in [7, 11) is 0. The van der Waals surface area contributed by atoms with Crippen molar-refractivity contribution in [3.8, 4) is 0 Å². The minimum atomic E-state index is 0.0499. The standard InChI is InChI=1S/C14H23N5O/c20-14(13-5-1-2-6-16-13)18-7-3-4-12(8-18)9-19-11-15-10-17-19/h10-13,16H,1-9H2/t12-,13-/m0/s1. The normalized spacial score (nSPS) is 27.5. The summed E-state index contributed by atoms with van der Waals surface area (Å²) in [6.07, 6.45) is 8.93. The zero-order chi connectivity index (χ0) is 13.8. The molecule has 1 amide bonds. The minimum Gasteiger partial charge on any atom is -0.341 e. The fraction of sp³-hybridized carbons (Fsp3) is 0.786. The van der Waals surface area contributed by atoms with Crippen LogP contribution in [0.25, 0.3) is 0 Å². The molecule has 2 aliphatic rings. The fourth-order valence-corrected chi connectivity index (χ4v) is 3.29. The maximum absolute atomic E-state index is 12.5. The van der Waals surface area contributed by atoms with Crippen molar-refractivity contribution >= 4 is 5.91 Å². The van der Waals surface area contributed by atoms with E-state index in [2.05, 4.69) is 15.4 Å². The number of likely N-dealkylation sites (tertiary alicyclic amines) is 1. The molecular weight excluding hydrogens is 254 g/mol. The molecule has 6 heteroatoms. The Morgan fingerprint density at radius 2 is 2.25 bits per heavy atom. The summed E-state index contributed by atoms with van der Waals surface area (Å²) in [5.41, 5.74) is 0. The first-order valence-corrected chi connectivity index (χ1v) is 7.67. The SMILES string of the molecule is O=C([C@@H]1CCCCN1)N1CCC[C@H](Cn2cncn2)C1. The zero-order valence-electron chi connectivity index (χ0n) is 11.9. The number of rotatable bonds is 3. The molecule has 3 heterocycles. The molecular formula is C14H23N5O. The Morgan fingerprint density at radius 3 is 3.00 bits per heavy atom. The van der Waals surface area contributed by atoms with Gasteiger partial charge in [0.05, 0.1) is 6.04 Å². The Hall–Kier alpha value is -1.43. The van der Waals surface area contributed by atoms with Crippen molar-refractivity contribution in [2.75, 3.05) is 19.6 Å². The van der Waals surface area contributed by atoms with Crippen molar-refractivity contribution in [3.05, 3.63) is 12.7 Å². The third kappa shape index (κ3) is 3.17. The number of aromatic nitrogens is 3. The van der Waals surface area contributed by atoms with Gasteiger partial charge in [-0.15, -0.1) is 0 Å². The topological polar surface area (TPSA) is 63.1 Å². The number of hydrogen-bond donors (Lipinski definition) is 1. The van der Waals surface area contributed by atoms with Crippen LogP contribution < -0.4 is 5.32 Å². The monoisotopic (exact) mass is 277 g/mol. The van der Waals surface area contributed by atoms with Gasteiger partial charge in [-0.25, -0.2) is 4.98 Å². The molecule has 0 saturated carbocycles. The van der Waals surface area contributed by atoms with E-state index >= 15 is 0 Å². The maximum atomic E-state index is 12.5. The highest BCUT2D eigenvalue weighted by Gasteiger charge is 2.29. The van der Waals surface area contributed by atoms with E-state index in [9.17, 15) is 4.79 Å². The van der Waals surface area contributed by atoms with Crippen LogP contribution in [0, 0.1) is 5.92 Å². The highest BCUT2D eigenvalue weighted by Crippen LogP contribution is 2.20. The van der Waals surface area contributed by atoms with Gasteiger partial charge in [0.1, 0.15) is 12.7 Å². The maximum Gasteiger partial charge on any atom is 0.239 e. The van der Waals surface area contributed by atoms with Crippen molar-refractivity contribution in [2.24, 2.45) is 5.92 Å². The van der Waals surface area contributed by atoms with Crippen molar-refractivity contribution in [2.45, 2.75) is 44.7 Å². The molecule has 110 valence electrons. The molecule has 0 aliphatic carbocycles. The Morgan fingerprint density at radius 1 is 1.30 bits per heavy atom. The zero-order valence-corrected chi connectivity index (χ0v) is 11.9. The average Bonchev–Trinajstić information content (AvgIpc) is 3.01. The summed E-state index contributed by atoms with van der Waals surface area (Å²) < 4.78 is 1.87. The number of carbonyl (C=O) groups is 1. The molecule has 2 aliphatic heterocycles. The van der Waals surface area contributed by atoms with Gasteiger partial charge in [-0.2, -0.15) is 5.10 Å². The van der Waals surface area contributed by atoms with Crippen molar-refractivity contribution < 1.29 is 4.79 Å². The molecule has 2 atom stereocenters. The summed E-state index contributed by atoms with van der Waals surface area (Å²) >= 11 is 0. The van der Waals surface area contributed by atoms with Gasteiger partial charge in [-0.3, -0.25) is 9.48 Å². The smallest absolute Gasteiger partial charge is 0.239 e. The summed E-state index contributed by atoms with van der Waals surface area (Å²) in [5, 5.41) is 7.52. The van der Waals surface area contributed by atoms with E-state index in [-0.39, 0.29) is 6.04 Å². The lowest BCUT2D eigenvalue weighted by Gasteiger charge is -2.36. The molecule has 1 aromatic rings. The van der Waals surface area contributed by atoms with Gasteiger partial charge in [-0.1, -0.05) is 6.42 Å². The third-order valence-electron chi connectivity index (χ3n) is 4.35. The summed E-state index contributed by atoms with van der Waals surface area (Å²) in [4.78, 5) is 18.6. The first-order chi connectivity index (χ1) is 9.83. The van der Waals surface area contributed by atoms with Gasteiger partial charge >= 0.3 is 0 Å². The molecule has 0 unspecified atom stereocenters. The van der Waals surface area contributed by atoms with E-state index in [0.717, 1.165) is 39.0 Å². The van der Waals surface area contributed by atoms with Crippen LogP contribution in [0.3, 0.4) is 0 Å². The second-order valence-corrected chi connectivity index (χ2v) is 5.91. The predicted molar refractivity (Wildman–Crippen MR) is 75.0 cm³/mol. The molecule has 0 radical (unpaired) electrons. The van der Waals surface area contributed by atoms with Gasteiger partial charge in [0.15, 0.2) is 0 Å². The number of nitrogens with zero attached hydrogens (tertiary/aromatic N) is 4. The number of carbonyl (C=O) groups excluding carboxylic acids is 1. The van der Waals surface area contributed by atoms with Gasteiger partial charge < -0.3 is 10.2 Å². The fourth-order valence-electron chi connectivity index (χ4n) is 3.29. The first-order valence-electron chi connectivity index (χ1n) is 7.67.